The van der Waals surface area contributed by atoms with Gasteiger partial charge >= 0.3 is 0 Å². The first-order valence-electron chi connectivity index (χ1n) is 6.37. The number of benzene rings is 1. The van der Waals surface area contributed by atoms with E-state index in [9.17, 15) is 4.79 Å². The molecule has 0 aliphatic rings. The second kappa shape index (κ2) is 5.64. The summed E-state index contributed by atoms with van der Waals surface area (Å²) in [6, 6.07) is 6.78. The Balaban J connectivity index is 2.22. The molecule has 6 heteroatoms. The lowest BCUT2D eigenvalue weighted by atomic mass is 10.2. The second-order valence-corrected chi connectivity index (χ2v) is 4.46. The monoisotopic (exact) mass is 274 g/mol. The number of ether oxygens (including phenoxy) is 1. The first-order valence-corrected chi connectivity index (χ1v) is 6.37. The molecular weight excluding hydrogens is 256 g/mol. The summed E-state index contributed by atoms with van der Waals surface area (Å²) in [4.78, 5) is 11.7. The highest BCUT2D eigenvalue weighted by atomic mass is 16.5. The molecule has 0 aliphatic carbocycles. The van der Waals surface area contributed by atoms with Crippen LogP contribution in [0, 0.1) is 6.92 Å². The van der Waals surface area contributed by atoms with Crippen molar-refractivity contribution in [2.45, 2.75) is 13.8 Å². The van der Waals surface area contributed by atoms with E-state index in [0.29, 0.717) is 29.4 Å². The van der Waals surface area contributed by atoms with Gasteiger partial charge in [0.25, 0.3) is 5.91 Å². The van der Waals surface area contributed by atoms with Crippen molar-refractivity contribution in [1.29, 1.82) is 0 Å². The molecule has 3 N–H and O–H groups in total. The summed E-state index contributed by atoms with van der Waals surface area (Å²) in [6.45, 7) is 4.32. The van der Waals surface area contributed by atoms with Gasteiger partial charge in [-0.3, -0.25) is 4.79 Å². The van der Waals surface area contributed by atoms with E-state index in [4.69, 9.17) is 10.5 Å². The van der Waals surface area contributed by atoms with Crippen molar-refractivity contribution < 1.29 is 9.53 Å². The number of nitrogens with one attached hydrogen (secondary N) is 1. The first-order chi connectivity index (χ1) is 9.51. The van der Waals surface area contributed by atoms with Crippen molar-refractivity contribution >= 4 is 11.6 Å². The van der Waals surface area contributed by atoms with Gasteiger partial charge in [0.2, 0.25) is 5.88 Å². The number of anilines is 1. The quantitative estimate of drug-likeness (QED) is 0.834. The van der Waals surface area contributed by atoms with Crippen LogP contribution in [0.2, 0.25) is 0 Å². The molecule has 0 spiro atoms. The van der Waals surface area contributed by atoms with Crippen LogP contribution >= 0.6 is 0 Å². The molecule has 0 fully saturated rings. The van der Waals surface area contributed by atoms with Crippen LogP contribution in [0.25, 0.3) is 0 Å². The van der Waals surface area contributed by atoms with Crippen LogP contribution in [0.1, 0.15) is 23.0 Å². The van der Waals surface area contributed by atoms with E-state index in [1.807, 2.05) is 19.9 Å². The zero-order valence-corrected chi connectivity index (χ0v) is 11.8. The molecule has 0 unspecified atom stereocenters. The first kappa shape index (κ1) is 13.9. The van der Waals surface area contributed by atoms with Crippen LogP contribution in [0.4, 0.5) is 5.69 Å². The molecule has 1 heterocycles. The Bertz CT molecular complexity index is 634. The fraction of sp³-hybridized carbons (Fsp3) is 0.286. The molecule has 0 aliphatic heterocycles. The summed E-state index contributed by atoms with van der Waals surface area (Å²) in [5, 5.41) is 6.91. The van der Waals surface area contributed by atoms with Gasteiger partial charge in [0.1, 0.15) is 0 Å². The Kier molecular flexibility index (Phi) is 3.93. The number of carbonyl (C=O) groups excluding carboxylic acids is 1. The fourth-order valence-electron chi connectivity index (χ4n) is 1.84. The fourth-order valence-corrected chi connectivity index (χ4v) is 1.84. The van der Waals surface area contributed by atoms with Gasteiger partial charge in [-0.2, -0.15) is 5.10 Å². The van der Waals surface area contributed by atoms with Crippen LogP contribution < -0.4 is 15.8 Å². The summed E-state index contributed by atoms with van der Waals surface area (Å²) in [5.41, 5.74) is 7.71. The lowest BCUT2D eigenvalue weighted by molar-refractivity contribution is 0.0956. The van der Waals surface area contributed by atoms with Crippen LogP contribution in [0.5, 0.6) is 11.6 Å². The molecule has 20 heavy (non-hydrogen) atoms. The lowest BCUT2D eigenvalue weighted by Crippen LogP contribution is -2.22. The van der Waals surface area contributed by atoms with Gasteiger partial charge in [0.15, 0.2) is 5.75 Å². The standard InChI is InChI=1S/C14H18N4O2/c1-4-16-14(19)10-5-6-12(11(15)8-10)20-13-7-9(2)17-18(13)3/h5-8H,4,15H2,1-3H3,(H,16,19). The zero-order chi connectivity index (χ0) is 14.7. The van der Waals surface area contributed by atoms with Gasteiger partial charge in [0.05, 0.1) is 11.4 Å². The number of aromatic nitrogens is 2. The number of rotatable bonds is 4. The van der Waals surface area contributed by atoms with Crippen LogP contribution in [-0.4, -0.2) is 22.2 Å². The van der Waals surface area contributed by atoms with E-state index in [1.54, 1.807) is 29.9 Å². The average Bonchev–Trinajstić information content (AvgIpc) is 2.70. The molecule has 6 nitrogen and oxygen atoms in total. The number of carbonyl (C=O) groups is 1. The Morgan fingerprint density at radius 1 is 1.45 bits per heavy atom. The molecule has 106 valence electrons. The third-order valence-electron chi connectivity index (χ3n) is 2.78. The van der Waals surface area contributed by atoms with Crippen molar-refractivity contribution in [3.63, 3.8) is 0 Å². The lowest BCUT2D eigenvalue weighted by Gasteiger charge is -2.09. The van der Waals surface area contributed by atoms with Gasteiger partial charge in [-0.05, 0) is 32.0 Å². The third kappa shape index (κ3) is 2.90. The van der Waals surface area contributed by atoms with Crippen molar-refractivity contribution in [3.8, 4) is 11.6 Å². The normalized spacial score (nSPS) is 10.3. The number of nitrogen functional groups attached to an aromatic ring is 1. The molecule has 2 rings (SSSR count). The minimum atomic E-state index is -0.151. The van der Waals surface area contributed by atoms with E-state index in [-0.39, 0.29) is 5.91 Å². The summed E-state index contributed by atoms with van der Waals surface area (Å²) < 4.78 is 7.33. The number of hydrogen-bond acceptors (Lipinski definition) is 4. The Hall–Kier alpha value is -2.50. The highest BCUT2D eigenvalue weighted by Crippen LogP contribution is 2.28. The SMILES string of the molecule is CCNC(=O)c1ccc(Oc2cc(C)nn2C)c(N)c1. The maximum absolute atomic E-state index is 11.7. The summed E-state index contributed by atoms with van der Waals surface area (Å²) in [7, 11) is 1.79. The maximum atomic E-state index is 11.7. The van der Waals surface area contributed by atoms with Crippen LogP contribution in [0.15, 0.2) is 24.3 Å². The molecule has 0 bridgehead atoms. The maximum Gasteiger partial charge on any atom is 0.251 e. The van der Waals surface area contributed by atoms with E-state index in [1.165, 1.54) is 0 Å². The molecule has 0 radical (unpaired) electrons. The topological polar surface area (TPSA) is 82.2 Å². The number of nitrogens with two attached hydrogens (primary N) is 1. The molecule has 0 saturated heterocycles. The summed E-state index contributed by atoms with van der Waals surface area (Å²) in [6.07, 6.45) is 0. The Morgan fingerprint density at radius 3 is 2.75 bits per heavy atom. The highest BCUT2D eigenvalue weighted by molar-refractivity contribution is 5.95. The van der Waals surface area contributed by atoms with E-state index in [2.05, 4.69) is 10.4 Å². The van der Waals surface area contributed by atoms with Gasteiger partial charge in [-0.25, -0.2) is 4.68 Å². The van der Waals surface area contributed by atoms with Gasteiger partial charge < -0.3 is 15.8 Å². The average molecular weight is 274 g/mol. The Morgan fingerprint density at radius 2 is 2.20 bits per heavy atom. The minimum absolute atomic E-state index is 0.151. The molecule has 0 saturated carbocycles. The van der Waals surface area contributed by atoms with E-state index < -0.39 is 0 Å². The van der Waals surface area contributed by atoms with E-state index >= 15 is 0 Å². The van der Waals surface area contributed by atoms with Crippen molar-refractivity contribution in [2.75, 3.05) is 12.3 Å². The minimum Gasteiger partial charge on any atom is -0.437 e. The van der Waals surface area contributed by atoms with Gasteiger partial charge in [-0.15, -0.1) is 0 Å². The zero-order valence-electron chi connectivity index (χ0n) is 11.8. The summed E-state index contributed by atoms with van der Waals surface area (Å²) in [5.74, 6) is 0.947. The van der Waals surface area contributed by atoms with Crippen LogP contribution in [-0.2, 0) is 7.05 Å². The smallest absolute Gasteiger partial charge is 0.251 e. The number of hydrogen-bond donors (Lipinski definition) is 2. The molecule has 1 aromatic heterocycles. The van der Waals surface area contributed by atoms with Crippen molar-refractivity contribution in [3.05, 3.63) is 35.5 Å². The van der Waals surface area contributed by atoms with Crippen molar-refractivity contribution in [2.24, 2.45) is 7.05 Å². The number of amides is 1. The predicted molar refractivity (Wildman–Crippen MR) is 76.9 cm³/mol. The van der Waals surface area contributed by atoms with E-state index in [0.717, 1.165) is 5.69 Å². The highest BCUT2D eigenvalue weighted by Gasteiger charge is 2.10. The molecule has 0 atom stereocenters. The van der Waals surface area contributed by atoms with Gasteiger partial charge in [-0.1, -0.05) is 0 Å². The molecule has 1 aromatic carbocycles. The molecular formula is C14H18N4O2. The van der Waals surface area contributed by atoms with Crippen LogP contribution in [0.3, 0.4) is 0 Å². The second-order valence-electron chi connectivity index (χ2n) is 4.46. The largest absolute Gasteiger partial charge is 0.437 e. The predicted octanol–water partition coefficient (Wildman–Crippen LogP) is 1.85. The molecule has 2 aromatic rings. The van der Waals surface area contributed by atoms with Gasteiger partial charge in [0, 0.05) is 25.2 Å². The number of aryl methyl sites for hydroxylation is 2. The van der Waals surface area contributed by atoms with Crippen molar-refractivity contribution in [1.82, 2.24) is 15.1 Å². The molecule has 1 amide bonds. The number of nitrogens with zero attached hydrogens (tertiary/aromatic N) is 2. The summed E-state index contributed by atoms with van der Waals surface area (Å²) >= 11 is 0. The Labute approximate surface area is 117 Å². The third-order valence-corrected chi connectivity index (χ3v) is 2.78.